The molecular formula is C11H16BrN3O5S. The second-order valence-electron chi connectivity index (χ2n) is 4.62. The van der Waals surface area contributed by atoms with Crippen molar-refractivity contribution in [2.45, 2.75) is 25.6 Å². The summed E-state index contributed by atoms with van der Waals surface area (Å²) in [6.45, 7) is 2.85. The highest BCUT2D eigenvalue weighted by Crippen LogP contribution is 2.22. The molecule has 118 valence electrons. The fourth-order valence-corrected chi connectivity index (χ4v) is 4.04. The summed E-state index contributed by atoms with van der Waals surface area (Å²) in [5.74, 6) is -3.04. The van der Waals surface area contributed by atoms with E-state index in [1.54, 1.807) is 14.0 Å². The lowest BCUT2D eigenvalue weighted by molar-refractivity contribution is -0.140. The van der Waals surface area contributed by atoms with Crippen LogP contribution >= 0.6 is 15.9 Å². The largest absolute Gasteiger partial charge is 0.480 e. The fraction of sp³-hybridized carbons (Fsp3) is 0.545. The summed E-state index contributed by atoms with van der Waals surface area (Å²) < 4.78 is 26.3. The molecule has 0 saturated carbocycles. The molecule has 2 N–H and O–H groups in total. The van der Waals surface area contributed by atoms with Gasteiger partial charge < -0.3 is 10.4 Å². The molecule has 1 unspecified atom stereocenters. The van der Waals surface area contributed by atoms with Gasteiger partial charge in [0.2, 0.25) is 5.91 Å². The van der Waals surface area contributed by atoms with E-state index < -0.39 is 33.5 Å². The number of rotatable bonds is 6. The fourth-order valence-electron chi connectivity index (χ4n) is 1.78. The van der Waals surface area contributed by atoms with E-state index in [-0.39, 0.29) is 5.75 Å². The van der Waals surface area contributed by atoms with E-state index in [1.165, 1.54) is 4.68 Å². The van der Waals surface area contributed by atoms with E-state index >= 15 is 0 Å². The smallest absolute Gasteiger partial charge is 0.327 e. The van der Waals surface area contributed by atoms with Crippen LogP contribution in [0.1, 0.15) is 18.3 Å². The normalized spacial score (nSPS) is 13.0. The van der Waals surface area contributed by atoms with Crippen LogP contribution in [0.4, 0.5) is 0 Å². The van der Waals surface area contributed by atoms with Crippen LogP contribution in [-0.4, -0.2) is 47.0 Å². The third-order valence-corrected chi connectivity index (χ3v) is 5.30. The number of carbonyl (C=O) groups excluding carboxylic acids is 1. The van der Waals surface area contributed by atoms with Gasteiger partial charge in [-0.2, -0.15) is 5.10 Å². The number of halogens is 1. The monoisotopic (exact) mass is 381 g/mol. The van der Waals surface area contributed by atoms with Crippen LogP contribution in [0.3, 0.4) is 0 Å². The molecule has 1 rings (SSSR count). The van der Waals surface area contributed by atoms with Crippen molar-refractivity contribution in [1.82, 2.24) is 15.1 Å². The van der Waals surface area contributed by atoms with Gasteiger partial charge >= 0.3 is 5.97 Å². The third-order valence-electron chi connectivity index (χ3n) is 2.71. The Kier molecular flexibility index (Phi) is 5.51. The van der Waals surface area contributed by atoms with Gasteiger partial charge in [0.15, 0.2) is 9.84 Å². The number of hydrogen-bond acceptors (Lipinski definition) is 5. The SMILES string of the molecule is CC(=O)NC(CS(=O)(=O)Cc1c(Br)c(C)nn1C)C(=O)O. The summed E-state index contributed by atoms with van der Waals surface area (Å²) in [6.07, 6.45) is 0. The number of aryl methyl sites for hydroxylation is 2. The zero-order valence-electron chi connectivity index (χ0n) is 11.8. The first-order valence-corrected chi connectivity index (χ1v) is 8.53. The van der Waals surface area contributed by atoms with Crippen molar-refractivity contribution in [3.63, 3.8) is 0 Å². The maximum atomic E-state index is 12.1. The highest BCUT2D eigenvalue weighted by atomic mass is 79.9. The first-order valence-electron chi connectivity index (χ1n) is 5.92. The number of amides is 1. The predicted octanol–water partition coefficient (Wildman–Crippen LogP) is -0.00488. The first-order chi connectivity index (χ1) is 9.53. The van der Waals surface area contributed by atoms with Crippen molar-refractivity contribution in [1.29, 1.82) is 0 Å². The maximum Gasteiger partial charge on any atom is 0.327 e. The van der Waals surface area contributed by atoms with Gasteiger partial charge in [0.05, 0.1) is 27.4 Å². The Morgan fingerprint density at radius 3 is 2.43 bits per heavy atom. The van der Waals surface area contributed by atoms with Crippen LogP contribution < -0.4 is 5.32 Å². The van der Waals surface area contributed by atoms with Gasteiger partial charge in [-0.15, -0.1) is 0 Å². The van der Waals surface area contributed by atoms with E-state index in [9.17, 15) is 18.0 Å². The lowest BCUT2D eigenvalue weighted by atomic mass is 10.3. The molecule has 10 heteroatoms. The van der Waals surface area contributed by atoms with Crippen molar-refractivity contribution in [2.24, 2.45) is 7.05 Å². The molecule has 0 aliphatic carbocycles. The van der Waals surface area contributed by atoms with Crippen LogP contribution in [0.5, 0.6) is 0 Å². The molecule has 0 aliphatic rings. The number of carboxylic acid groups (broad SMARTS) is 1. The lowest BCUT2D eigenvalue weighted by Crippen LogP contribution is -2.44. The van der Waals surface area contributed by atoms with Crippen molar-refractivity contribution >= 4 is 37.6 Å². The first kappa shape index (κ1) is 17.6. The summed E-state index contributed by atoms with van der Waals surface area (Å²) in [5.41, 5.74) is 1.07. The average Bonchev–Trinajstić information content (AvgIpc) is 2.54. The minimum Gasteiger partial charge on any atom is -0.480 e. The number of nitrogens with zero attached hydrogens (tertiary/aromatic N) is 2. The Hall–Kier alpha value is -1.42. The molecule has 0 fully saturated rings. The minimum absolute atomic E-state index is 0.367. The minimum atomic E-state index is -3.74. The summed E-state index contributed by atoms with van der Waals surface area (Å²) in [5, 5.41) is 15.1. The molecule has 0 spiro atoms. The Labute approximate surface area is 130 Å². The molecule has 0 aromatic carbocycles. The molecule has 1 aromatic heterocycles. The molecule has 21 heavy (non-hydrogen) atoms. The van der Waals surface area contributed by atoms with Crippen LogP contribution in [0.25, 0.3) is 0 Å². The van der Waals surface area contributed by atoms with Gasteiger partial charge in [-0.3, -0.25) is 9.48 Å². The zero-order valence-corrected chi connectivity index (χ0v) is 14.2. The highest BCUT2D eigenvalue weighted by molar-refractivity contribution is 9.10. The second kappa shape index (κ2) is 6.56. The van der Waals surface area contributed by atoms with E-state index in [0.717, 1.165) is 6.92 Å². The molecule has 0 bridgehead atoms. The summed E-state index contributed by atoms with van der Waals surface area (Å²) >= 11 is 3.26. The van der Waals surface area contributed by atoms with Crippen molar-refractivity contribution in [3.05, 3.63) is 15.9 Å². The quantitative estimate of drug-likeness (QED) is 0.715. The number of aliphatic carboxylic acids is 1. The number of nitrogens with one attached hydrogen (secondary N) is 1. The zero-order chi connectivity index (χ0) is 16.4. The molecule has 0 aliphatic heterocycles. The molecule has 1 atom stereocenters. The third kappa shape index (κ3) is 4.81. The number of hydrogen-bond donors (Lipinski definition) is 2. The van der Waals surface area contributed by atoms with Crippen molar-refractivity contribution in [3.8, 4) is 0 Å². The van der Waals surface area contributed by atoms with Gasteiger partial charge in [0.1, 0.15) is 6.04 Å². The summed E-state index contributed by atoms with van der Waals surface area (Å²) in [6, 6.07) is -1.47. The van der Waals surface area contributed by atoms with E-state index in [4.69, 9.17) is 5.11 Å². The van der Waals surface area contributed by atoms with Gasteiger partial charge in [0.25, 0.3) is 0 Å². The van der Waals surface area contributed by atoms with Gasteiger partial charge in [-0.05, 0) is 22.9 Å². The van der Waals surface area contributed by atoms with Gasteiger partial charge in [0, 0.05) is 14.0 Å². The Morgan fingerprint density at radius 2 is 2.05 bits per heavy atom. The Bertz CT molecular complexity index is 668. The predicted molar refractivity (Wildman–Crippen MR) is 78.4 cm³/mol. The molecule has 8 nitrogen and oxygen atoms in total. The van der Waals surface area contributed by atoms with Crippen LogP contribution in [-0.2, 0) is 32.2 Å². The van der Waals surface area contributed by atoms with E-state index in [1.807, 2.05) is 0 Å². The highest BCUT2D eigenvalue weighted by Gasteiger charge is 2.28. The second-order valence-corrected chi connectivity index (χ2v) is 7.52. The molecule has 1 aromatic rings. The lowest BCUT2D eigenvalue weighted by Gasteiger charge is -2.13. The van der Waals surface area contributed by atoms with E-state index in [2.05, 4.69) is 26.3 Å². The van der Waals surface area contributed by atoms with Crippen LogP contribution in [0, 0.1) is 6.92 Å². The number of aromatic nitrogens is 2. The Morgan fingerprint density at radius 1 is 1.48 bits per heavy atom. The van der Waals surface area contributed by atoms with Gasteiger partial charge in [-0.1, -0.05) is 0 Å². The average molecular weight is 382 g/mol. The van der Waals surface area contributed by atoms with Crippen molar-refractivity contribution in [2.75, 3.05) is 5.75 Å². The maximum absolute atomic E-state index is 12.1. The summed E-state index contributed by atoms with van der Waals surface area (Å²) in [4.78, 5) is 21.9. The van der Waals surface area contributed by atoms with E-state index in [0.29, 0.717) is 15.9 Å². The summed E-state index contributed by atoms with van der Waals surface area (Å²) in [7, 11) is -2.14. The van der Waals surface area contributed by atoms with Gasteiger partial charge in [-0.25, -0.2) is 13.2 Å². The molecule has 1 heterocycles. The Balaban J connectivity index is 2.95. The molecule has 0 saturated heterocycles. The van der Waals surface area contributed by atoms with Crippen LogP contribution in [0.2, 0.25) is 0 Å². The number of sulfone groups is 1. The number of carbonyl (C=O) groups is 2. The number of carboxylic acids is 1. The molecule has 0 radical (unpaired) electrons. The topological polar surface area (TPSA) is 118 Å². The van der Waals surface area contributed by atoms with Crippen LogP contribution in [0.15, 0.2) is 4.47 Å². The van der Waals surface area contributed by atoms with Crippen molar-refractivity contribution < 1.29 is 23.1 Å². The standard InChI is InChI=1S/C11H16BrN3O5S/c1-6-10(12)9(15(3)14-6)5-21(19,20)4-8(11(17)18)13-7(2)16/h8H,4-5H2,1-3H3,(H,13,16)(H,17,18). The molecular weight excluding hydrogens is 366 g/mol. The molecule has 1 amide bonds.